The Morgan fingerprint density at radius 1 is 1.31 bits per heavy atom. The Kier molecular flexibility index (Phi) is 8.56. The average Bonchev–Trinajstić information content (AvgIpc) is 3.10. The normalized spacial score (nSPS) is 10.9. The van der Waals surface area contributed by atoms with Crippen LogP contribution in [-0.2, 0) is 16.0 Å². The molecule has 3 N–H and O–H groups in total. The van der Waals surface area contributed by atoms with Crippen molar-refractivity contribution in [2.24, 2.45) is 5.73 Å². The highest BCUT2D eigenvalue weighted by Gasteiger charge is 2.19. The molecule has 0 aliphatic heterocycles. The van der Waals surface area contributed by atoms with Crippen LogP contribution in [0.15, 0.2) is 26.3 Å². The molecule has 2 amide bonds. The highest BCUT2D eigenvalue weighted by molar-refractivity contribution is 8.01. The third-order valence-corrected chi connectivity index (χ3v) is 6.38. The van der Waals surface area contributed by atoms with Crippen LogP contribution in [0.25, 0.3) is 0 Å². The Morgan fingerprint density at radius 3 is 2.66 bits per heavy atom. The molecule has 0 saturated carbocycles. The molecular weight excluding hydrogens is 434 g/mol. The summed E-state index contributed by atoms with van der Waals surface area (Å²) in [5.41, 5.74) is 5.90. The Hall–Kier alpha value is -2.02. The second-order valence-corrected chi connectivity index (χ2v) is 9.03. The van der Waals surface area contributed by atoms with E-state index < -0.39 is 12.0 Å². The van der Waals surface area contributed by atoms with E-state index in [0.29, 0.717) is 31.4 Å². The summed E-state index contributed by atoms with van der Waals surface area (Å²) >= 11 is 6.89. The Labute approximate surface area is 182 Å². The number of urea groups is 1. The van der Waals surface area contributed by atoms with E-state index in [2.05, 4.69) is 27.6 Å². The molecule has 2 rings (SSSR count). The molecular formula is C17H23N5O4S3. The first kappa shape index (κ1) is 23.3. The summed E-state index contributed by atoms with van der Waals surface area (Å²) < 4.78 is 5.18. The number of aromatic hydroxyl groups is 1. The summed E-state index contributed by atoms with van der Waals surface area (Å²) in [6, 6.07) is 2.53. The van der Waals surface area contributed by atoms with Crippen LogP contribution >= 0.6 is 35.7 Å². The second kappa shape index (κ2) is 10.7. The van der Waals surface area contributed by atoms with Gasteiger partial charge in [-0.05, 0) is 39.2 Å². The lowest BCUT2D eigenvalue weighted by Gasteiger charge is -2.17. The standard InChI is InChI=1S/C17H23N5O4S3/c1-21(2)5-4-6-22(15(18)25)16-19-20-17(29-16)28-13-9-11(23)10(7-12(13)27)8-14(24)26-3/h7,9,23,27H,4-6,8H2,1-3H3,(H2,18,25). The predicted octanol–water partition coefficient (Wildman–Crippen LogP) is 2.24. The van der Waals surface area contributed by atoms with E-state index in [0.717, 1.165) is 13.0 Å². The number of aromatic nitrogens is 2. The largest absolute Gasteiger partial charge is 0.508 e. The minimum Gasteiger partial charge on any atom is -0.508 e. The number of anilines is 1. The summed E-state index contributed by atoms with van der Waals surface area (Å²) in [4.78, 5) is 27.8. The van der Waals surface area contributed by atoms with Gasteiger partial charge in [0, 0.05) is 21.9 Å². The van der Waals surface area contributed by atoms with Gasteiger partial charge >= 0.3 is 12.0 Å². The minimum absolute atomic E-state index is 0.0390. The number of amides is 2. The van der Waals surface area contributed by atoms with Gasteiger partial charge < -0.3 is 20.5 Å². The summed E-state index contributed by atoms with van der Waals surface area (Å²) in [6.07, 6.45) is 0.693. The lowest BCUT2D eigenvalue weighted by atomic mass is 10.1. The number of nitrogens with zero attached hydrogens (tertiary/aromatic N) is 4. The number of esters is 1. The third-order valence-electron chi connectivity index (χ3n) is 3.80. The zero-order valence-electron chi connectivity index (χ0n) is 16.3. The number of ether oxygens (including phenoxy) is 1. The zero-order chi connectivity index (χ0) is 21.6. The van der Waals surface area contributed by atoms with Gasteiger partial charge in [0.15, 0.2) is 4.34 Å². The molecule has 0 spiro atoms. The molecule has 0 fully saturated rings. The number of rotatable bonds is 9. The van der Waals surface area contributed by atoms with E-state index >= 15 is 0 Å². The molecule has 158 valence electrons. The van der Waals surface area contributed by atoms with Crippen molar-refractivity contribution in [3.63, 3.8) is 0 Å². The molecule has 1 heterocycles. The highest BCUT2D eigenvalue weighted by atomic mass is 32.2. The van der Waals surface area contributed by atoms with Gasteiger partial charge in [-0.2, -0.15) is 0 Å². The van der Waals surface area contributed by atoms with Crippen LogP contribution in [0.3, 0.4) is 0 Å². The number of nitrogens with two attached hydrogens (primary N) is 1. The Morgan fingerprint density at radius 2 is 2.03 bits per heavy atom. The van der Waals surface area contributed by atoms with Gasteiger partial charge in [0.1, 0.15) is 5.75 Å². The monoisotopic (exact) mass is 457 g/mol. The zero-order valence-corrected chi connectivity index (χ0v) is 18.8. The smallest absolute Gasteiger partial charge is 0.321 e. The summed E-state index contributed by atoms with van der Waals surface area (Å²) in [5, 5.41) is 18.8. The number of primary amides is 1. The van der Waals surface area contributed by atoms with Crippen LogP contribution in [-0.4, -0.2) is 66.5 Å². The quantitative estimate of drug-likeness (QED) is 0.298. The molecule has 0 atom stereocenters. The Bertz CT molecular complexity index is 875. The molecule has 0 aliphatic rings. The van der Waals surface area contributed by atoms with Crippen LogP contribution in [0.2, 0.25) is 0 Å². The molecule has 29 heavy (non-hydrogen) atoms. The van der Waals surface area contributed by atoms with Gasteiger partial charge in [-0.1, -0.05) is 23.1 Å². The maximum absolute atomic E-state index is 11.8. The Balaban J connectivity index is 2.13. The molecule has 12 heteroatoms. The number of methoxy groups -OCH3 is 1. The molecule has 1 aromatic heterocycles. The number of hydrogen-bond donors (Lipinski definition) is 3. The van der Waals surface area contributed by atoms with Gasteiger partial charge in [0.05, 0.1) is 13.5 Å². The topological polar surface area (TPSA) is 122 Å². The molecule has 9 nitrogen and oxygen atoms in total. The fourth-order valence-corrected chi connectivity index (χ4v) is 4.58. The maximum Gasteiger partial charge on any atom is 0.321 e. The first-order valence-electron chi connectivity index (χ1n) is 8.56. The molecule has 2 aromatic rings. The maximum atomic E-state index is 11.8. The van der Waals surface area contributed by atoms with E-state index in [-0.39, 0.29) is 12.2 Å². The van der Waals surface area contributed by atoms with Crippen LogP contribution in [0, 0.1) is 0 Å². The number of thiol groups is 1. The summed E-state index contributed by atoms with van der Waals surface area (Å²) in [6.45, 7) is 1.25. The van der Waals surface area contributed by atoms with Crippen LogP contribution in [0.5, 0.6) is 5.75 Å². The highest BCUT2D eigenvalue weighted by Crippen LogP contribution is 2.39. The average molecular weight is 458 g/mol. The SMILES string of the molecule is COC(=O)Cc1cc(S)c(Sc2nnc(N(CCCN(C)C)C(N)=O)s2)cc1O. The number of carbonyl (C=O) groups excluding carboxylic acids is 2. The van der Waals surface area contributed by atoms with Crippen molar-refractivity contribution in [3.05, 3.63) is 17.7 Å². The van der Waals surface area contributed by atoms with Gasteiger partial charge in [-0.3, -0.25) is 9.69 Å². The predicted molar refractivity (Wildman–Crippen MR) is 115 cm³/mol. The van der Waals surface area contributed by atoms with Crippen molar-refractivity contribution in [2.45, 2.75) is 27.0 Å². The van der Waals surface area contributed by atoms with Gasteiger partial charge in [0.2, 0.25) is 5.13 Å². The summed E-state index contributed by atoms with van der Waals surface area (Å²) in [5.74, 6) is -0.495. The molecule has 0 bridgehead atoms. The lowest BCUT2D eigenvalue weighted by molar-refractivity contribution is -0.139. The number of hydrogen-bond acceptors (Lipinski definition) is 10. The third kappa shape index (κ3) is 6.77. The van der Waals surface area contributed by atoms with Crippen LogP contribution in [0.1, 0.15) is 12.0 Å². The van der Waals surface area contributed by atoms with E-state index in [1.54, 1.807) is 6.07 Å². The van der Waals surface area contributed by atoms with E-state index in [9.17, 15) is 14.7 Å². The molecule has 1 aromatic carbocycles. The second-order valence-electron chi connectivity index (χ2n) is 6.30. The van der Waals surface area contributed by atoms with E-state index in [1.165, 1.54) is 41.2 Å². The van der Waals surface area contributed by atoms with Gasteiger partial charge in [-0.15, -0.1) is 22.8 Å². The van der Waals surface area contributed by atoms with Crippen molar-refractivity contribution in [1.82, 2.24) is 15.1 Å². The van der Waals surface area contributed by atoms with Crippen molar-refractivity contribution in [2.75, 3.05) is 39.2 Å². The van der Waals surface area contributed by atoms with Gasteiger partial charge in [0.25, 0.3) is 0 Å². The number of carbonyl (C=O) groups is 2. The lowest BCUT2D eigenvalue weighted by Crippen LogP contribution is -2.37. The van der Waals surface area contributed by atoms with Crippen molar-refractivity contribution < 1.29 is 19.4 Å². The van der Waals surface area contributed by atoms with E-state index in [1.807, 2.05) is 19.0 Å². The minimum atomic E-state index is -0.587. The fourth-order valence-electron chi connectivity index (χ4n) is 2.34. The number of benzene rings is 1. The van der Waals surface area contributed by atoms with Crippen LogP contribution < -0.4 is 10.6 Å². The fraction of sp³-hybridized carbons (Fsp3) is 0.412. The molecule has 0 radical (unpaired) electrons. The molecule has 0 aliphatic carbocycles. The first-order valence-corrected chi connectivity index (χ1v) is 10.6. The van der Waals surface area contributed by atoms with Crippen LogP contribution in [0.4, 0.5) is 9.93 Å². The number of phenols is 1. The van der Waals surface area contributed by atoms with Crippen molar-refractivity contribution in [1.29, 1.82) is 0 Å². The first-order chi connectivity index (χ1) is 13.7. The van der Waals surface area contributed by atoms with Crippen molar-refractivity contribution in [3.8, 4) is 5.75 Å². The molecule has 0 unspecified atom stereocenters. The van der Waals surface area contributed by atoms with Crippen molar-refractivity contribution >= 4 is 52.9 Å². The van der Waals surface area contributed by atoms with Gasteiger partial charge in [-0.25, -0.2) is 4.79 Å². The summed E-state index contributed by atoms with van der Waals surface area (Å²) in [7, 11) is 5.19. The van der Waals surface area contributed by atoms with E-state index in [4.69, 9.17) is 5.73 Å². The molecule has 0 saturated heterocycles. The number of phenolic OH excluding ortho intramolecular Hbond substituents is 1.